The minimum absolute atomic E-state index is 0.444. The van der Waals surface area contributed by atoms with Gasteiger partial charge in [-0.2, -0.15) is 0 Å². The van der Waals surface area contributed by atoms with Gasteiger partial charge in [-0.25, -0.2) is 0 Å². The lowest BCUT2D eigenvalue weighted by Gasteiger charge is -2.30. The Hall–Kier alpha value is -0.800. The number of hydrogen-bond donors (Lipinski definition) is 1. The van der Waals surface area contributed by atoms with E-state index < -0.39 is 0 Å². The first-order chi connectivity index (χ1) is 10.2. The van der Waals surface area contributed by atoms with E-state index in [0.717, 1.165) is 36.9 Å². The normalized spacial score (nSPS) is 22.6. The van der Waals surface area contributed by atoms with Crippen LogP contribution < -0.4 is 5.32 Å². The Kier molecular flexibility index (Phi) is 6.78. The molecule has 2 unspecified atom stereocenters. The lowest BCUT2D eigenvalue weighted by molar-refractivity contribution is -0.0225. The average molecular weight is 293 g/mol. The van der Waals surface area contributed by atoms with Gasteiger partial charge in [0.05, 0.1) is 19.3 Å². The molecule has 1 aromatic heterocycles. The molecule has 21 heavy (non-hydrogen) atoms. The zero-order chi connectivity index (χ0) is 15.1. The van der Waals surface area contributed by atoms with E-state index in [4.69, 9.17) is 9.15 Å². The summed E-state index contributed by atoms with van der Waals surface area (Å²) in [7, 11) is 0. The highest BCUT2D eigenvalue weighted by Gasteiger charge is 2.24. The fourth-order valence-electron chi connectivity index (χ4n) is 3.26. The number of hydrogen-bond acceptors (Lipinski definition) is 3. The van der Waals surface area contributed by atoms with Gasteiger partial charge in [0, 0.05) is 5.56 Å². The van der Waals surface area contributed by atoms with Crippen molar-refractivity contribution >= 4 is 0 Å². The van der Waals surface area contributed by atoms with E-state index in [-0.39, 0.29) is 0 Å². The number of rotatable bonds is 8. The van der Waals surface area contributed by atoms with Crippen LogP contribution in [0.4, 0.5) is 0 Å². The summed E-state index contributed by atoms with van der Waals surface area (Å²) >= 11 is 0. The van der Waals surface area contributed by atoms with Crippen molar-refractivity contribution < 1.29 is 9.15 Å². The Morgan fingerprint density at radius 1 is 1.29 bits per heavy atom. The number of aryl methyl sites for hydroxylation is 1. The van der Waals surface area contributed by atoms with Gasteiger partial charge in [-0.3, -0.25) is 0 Å². The van der Waals surface area contributed by atoms with Crippen molar-refractivity contribution in [3.63, 3.8) is 0 Å². The second kappa shape index (κ2) is 8.60. The molecule has 3 heteroatoms. The van der Waals surface area contributed by atoms with E-state index >= 15 is 0 Å². The molecule has 1 fully saturated rings. The molecule has 1 saturated carbocycles. The van der Waals surface area contributed by atoms with Crippen LogP contribution in [0.25, 0.3) is 0 Å². The van der Waals surface area contributed by atoms with Crippen molar-refractivity contribution in [1.29, 1.82) is 0 Å². The fraction of sp³-hybridized carbons (Fsp3) is 0.778. The molecule has 0 spiro atoms. The van der Waals surface area contributed by atoms with E-state index in [9.17, 15) is 0 Å². The van der Waals surface area contributed by atoms with Crippen LogP contribution in [-0.2, 0) is 17.9 Å². The van der Waals surface area contributed by atoms with Crippen LogP contribution in [0.2, 0.25) is 0 Å². The molecule has 0 aromatic carbocycles. The van der Waals surface area contributed by atoms with Gasteiger partial charge < -0.3 is 14.5 Å². The predicted molar refractivity (Wildman–Crippen MR) is 86.3 cm³/mol. The van der Waals surface area contributed by atoms with Crippen molar-refractivity contribution in [2.24, 2.45) is 5.92 Å². The van der Waals surface area contributed by atoms with E-state index in [1.165, 1.54) is 37.7 Å². The van der Waals surface area contributed by atoms with Crippen molar-refractivity contribution in [3.8, 4) is 0 Å². The summed E-state index contributed by atoms with van der Waals surface area (Å²) in [6.45, 7) is 9.05. The summed E-state index contributed by atoms with van der Waals surface area (Å²) in [4.78, 5) is 0. The zero-order valence-electron chi connectivity index (χ0n) is 13.9. The van der Waals surface area contributed by atoms with Crippen molar-refractivity contribution in [3.05, 3.63) is 23.2 Å². The molecular formula is C18H31NO2. The van der Waals surface area contributed by atoms with Gasteiger partial charge in [-0.05, 0) is 44.7 Å². The molecule has 120 valence electrons. The van der Waals surface area contributed by atoms with Crippen LogP contribution in [0.3, 0.4) is 0 Å². The number of nitrogens with one attached hydrogen (secondary N) is 1. The molecule has 0 aliphatic heterocycles. The first-order valence-electron chi connectivity index (χ1n) is 8.65. The summed E-state index contributed by atoms with van der Waals surface area (Å²) in [5.74, 6) is 2.78. The molecule has 3 nitrogen and oxygen atoms in total. The van der Waals surface area contributed by atoms with Crippen LogP contribution in [0, 0.1) is 12.8 Å². The maximum Gasteiger partial charge on any atom is 0.118 e. The summed E-state index contributed by atoms with van der Waals surface area (Å²) < 4.78 is 12.0. The molecule has 1 N–H and O–H groups in total. The number of ether oxygens (including phenoxy) is 1. The first kappa shape index (κ1) is 16.6. The molecule has 0 saturated heterocycles. The monoisotopic (exact) mass is 293 g/mol. The van der Waals surface area contributed by atoms with Gasteiger partial charge in [0.1, 0.15) is 11.5 Å². The Bertz CT molecular complexity index is 413. The van der Waals surface area contributed by atoms with E-state index in [2.05, 4.69) is 25.2 Å². The molecule has 1 aliphatic rings. The maximum absolute atomic E-state index is 6.21. The smallest absolute Gasteiger partial charge is 0.118 e. The molecule has 2 rings (SSSR count). The SMILES string of the molecule is CCCNCc1cc(COC2CCCCC2CC)c(C)o1. The van der Waals surface area contributed by atoms with E-state index in [0.29, 0.717) is 12.7 Å². The molecular weight excluding hydrogens is 262 g/mol. The fourth-order valence-corrected chi connectivity index (χ4v) is 3.26. The van der Waals surface area contributed by atoms with Gasteiger partial charge in [-0.15, -0.1) is 0 Å². The Labute approximate surface area is 129 Å². The predicted octanol–water partition coefficient (Wildman–Crippen LogP) is 4.57. The van der Waals surface area contributed by atoms with Crippen LogP contribution in [0.15, 0.2) is 10.5 Å². The van der Waals surface area contributed by atoms with Gasteiger partial charge in [0.2, 0.25) is 0 Å². The zero-order valence-corrected chi connectivity index (χ0v) is 13.9. The van der Waals surface area contributed by atoms with Gasteiger partial charge in [0.15, 0.2) is 0 Å². The van der Waals surface area contributed by atoms with Crippen LogP contribution in [0.1, 0.15) is 69.5 Å². The molecule has 0 radical (unpaired) electrons. The Morgan fingerprint density at radius 2 is 2.10 bits per heavy atom. The van der Waals surface area contributed by atoms with Crippen LogP contribution in [0.5, 0.6) is 0 Å². The van der Waals surface area contributed by atoms with E-state index in [1.807, 2.05) is 6.92 Å². The quantitative estimate of drug-likeness (QED) is 0.713. The van der Waals surface area contributed by atoms with Crippen LogP contribution >= 0.6 is 0 Å². The lowest BCUT2D eigenvalue weighted by atomic mass is 9.85. The highest BCUT2D eigenvalue weighted by molar-refractivity contribution is 5.20. The van der Waals surface area contributed by atoms with Gasteiger partial charge in [0.25, 0.3) is 0 Å². The molecule has 1 aliphatic carbocycles. The van der Waals surface area contributed by atoms with Crippen molar-refractivity contribution in [2.45, 2.75) is 78.6 Å². The highest BCUT2D eigenvalue weighted by Crippen LogP contribution is 2.30. The van der Waals surface area contributed by atoms with Crippen LogP contribution in [-0.4, -0.2) is 12.6 Å². The third kappa shape index (κ3) is 4.86. The lowest BCUT2D eigenvalue weighted by Crippen LogP contribution is -2.27. The minimum atomic E-state index is 0.444. The van der Waals surface area contributed by atoms with Crippen molar-refractivity contribution in [2.75, 3.05) is 6.54 Å². The Morgan fingerprint density at radius 3 is 2.86 bits per heavy atom. The minimum Gasteiger partial charge on any atom is -0.465 e. The Balaban J connectivity index is 1.84. The third-order valence-corrected chi connectivity index (χ3v) is 4.61. The highest BCUT2D eigenvalue weighted by atomic mass is 16.5. The topological polar surface area (TPSA) is 34.4 Å². The molecule has 1 heterocycles. The molecule has 0 amide bonds. The van der Waals surface area contributed by atoms with E-state index in [1.54, 1.807) is 0 Å². The summed E-state index contributed by atoms with van der Waals surface area (Å²) in [5.41, 5.74) is 1.21. The number of furan rings is 1. The van der Waals surface area contributed by atoms with Gasteiger partial charge >= 0.3 is 0 Å². The summed E-state index contributed by atoms with van der Waals surface area (Å²) in [6.07, 6.45) is 8.07. The summed E-state index contributed by atoms with van der Waals surface area (Å²) in [5, 5.41) is 3.38. The first-order valence-corrected chi connectivity index (χ1v) is 8.65. The van der Waals surface area contributed by atoms with Crippen molar-refractivity contribution in [1.82, 2.24) is 5.32 Å². The molecule has 2 atom stereocenters. The average Bonchev–Trinajstić information content (AvgIpc) is 2.86. The standard InChI is InChI=1S/C18H31NO2/c1-4-10-19-12-17-11-16(14(3)21-17)13-20-18-9-7-6-8-15(18)5-2/h11,15,18-19H,4-10,12-13H2,1-3H3. The largest absolute Gasteiger partial charge is 0.465 e. The summed E-state index contributed by atoms with van der Waals surface area (Å²) in [6, 6.07) is 2.15. The van der Waals surface area contributed by atoms with Gasteiger partial charge in [-0.1, -0.05) is 33.1 Å². The molecule has 1 aromatic rings. The molecule has 0 bridgehead atoms. The third-order valence-electron chi connectivity index (χ3n) is 4.61. The second-order valence-corrected chi connectivity index (χ2v) is 6.27. The maximum atomic E-state index is 6.21. The second-order valence-electron chi connectivity index (χ2n) is 6.27.